The summed E-state index contributed by atoms with van der Waals surface area (Å²) in [5.41, 5.74) is 8.61. The minimum absolute atomic E-state index is 0.0653. The van der Waals surface area contributed by atoms with E-state index in [0.29, 0.717) is 5.95 Å². The van der Waals surface area contributed by atoms with Crippen molar-refractivity contribution in [3.05, 3.63) is 33.0 Å². The highest BCUT2D eigenvalue weighted by molar-refractivity contribution is 9.10. The zero-order valence-corrected chi connectivity index (χ0v) is 12.2. The lowest BCUT2D eigenvalue weighted by molar-refractivity contribution is 1.07. The van der Waals surface area contributed by atoms with E-state index >= 15 is 0 Å². The first-order valence-electron chi connectivity index (χ1n) is 5.16. The number of nitrogens with one attached hydrogen (secondary N) is 1. The van der Waals surface area contributed by atoms with Gasteiger partial charge in [-0.3, -0.25) is 0 Å². The van der Waals surface area contributed by atoms with Crippen LogP contribution in [0.5, 0.6) is 0 Å². The summed E-state index contributed by atoms with van der Waals surface area (Å²) in [5, 5.41) is 3.11. The van der Waals surface area contributed by atoms with E-state index in [2.05, 4.69) is 36.2 Å². The van der Waals surface area contributed by atoms with Crippen molar-refractivity contribution >= 4 is 45.1 Å². The van der Waals surface area contributed by atoms with Crippen LogP contribution in [0, 0.1) is 13.8 Å². The molecular formula is C11H11BrClN5. The fraction of sp³-hybridized carbons (Fsp3) is 0.182. The van der Waals surface area contributed by atoms with E-state index < -0.39 is 0 Å². The number of hydrogen-bond acceptors (Lipinski definition) is 5. The standard InChI is InChI=1S/C11H11BrClN5/c1-5-3-7(4-6(2)8(5)12)15-11-17-9(13)16-10(14)18-11/h3-4H,1-2H3,(H3,14,15,16,17,18). The maximum Gasteiger partial charge on any atom is 0.233 e. The predicted molar refractivity (Wildman–Crippen MR) is 76.1 cm³/mol. The highest BCUT2D eigenvalue weighted by atomic mass is 79.9. The number of benzene rings is 1. The molecule has 0 amide bonds. The Morgan fingerprint density at radius 1 is 1.17 bits per heavy atom. The molecule has 0 saturated carbocycles. The summed E-state index contributed by atoms with van der Waals surface area (Å²) in [6.45, 7) is 4.02. The smallest absolute Gasteiger partial charge is 0.233 e. The lowest BCUT2D eigenvalue weighted by atomic mass is 10.1. The van der Waals surface area contributed by atoms with Crippen molar-refractivity contribution in [3.63, 3.8) is 0 Å². The molecule has 1 aromatic heterocycles. The number of nitrogens with zero attached hydrogens (tertiary/aromatic N) is 3. The Bertz CT molecular complexity index is 559. The quantitative estimate of drug-likeness (QED) is 0.885. The van der Waals surface area contributed by atoms with Crippen LogP contribution in [0.15, 0.2) is 16.6 Å². The monoisotopic (exact) mass is 327 g/mol. The van der Waals surface area contributed by atoms with Crippen molar-refractivity contribution in [2.24, 2.45) is 0 Å². The van der Waals surface area contributed by atoms with Gasteiger partial charge in [0.1, 0.15) is 0 Å². The molecule has 1 heterocycles. The Balaban J connectivity index is 2.34. The number of hydrogen-bond donors (Lipinski definition) is 2. The van der Waals surface area contributed by atoms with Crippen LogP contribution in [0.1, 0.15) is 11.1 Å². The summed E-state index contributed by atoms with van der Waals surface area (Å²) in [5.74, 6) is 0.414. The van der Waals surface area contributed by atoms with Crippen LogP contribution in [0.3, 0.4) is 0 Å². The Kier molecular flexibility index (Phi) is 3.68. The third kappa shape index (κ3) is 2.88. The molecule has 2 rings (SSSR count). The molecule has 1 aromatic carbocycles. The van der Waals surface area contributed by atoms with Gasteiger partial charge >= 0.3 is 0 Å². The van der Waals surface area contributed by atoms with E-state index in [9.17, 15) is 0 Å². The second kappa shape index (κ2) is 5.07. The lowest BCUT2D eigenvalue weighted by Crippen LogP contribution is -2.03. The Labute approximate surface area is 118 Å². The minimum atomic E-state index is 0.0653. The minimum Gasteiger partial charge on any atom is -0.368 e. The van der Waals surface area contributed by atoms with E-state index in [1.165, 1.54) is 0 Å². The molecule has 0 unspecified atom stereocenters. The van der Waals surface area contributed by atoms with Gasteiger partial charge in [0, 0.05) is 10.2 Å². The van der Waals surface area contributed by atoms with Gasteiger partial charge in [-0.25, -0.2) is 0 Å². The molecule has 5 nitrogen and oxygen atoms in total. The molecule has 18 heavy (non-hydrogen) atoms. The second-order valence-electron chi connectivity index (χ2n) is 3.84. The number of anilines is 3. The van der Waals surface area contributed by atoms with Crippen LogP contribution in [-0.4, -0.2) is 15.0 Å². The van der Waals surface area contributed by atoms with Crippen molar-refractivity contribution in [1.82, 2.24) is 15.0 Å². The number of rotatable bonds is 2. The van der Waals surface area contributed by atoms with Crippen LogP contribution in [-0.2, 0) is 0 Å². The first kappa shape index (κ1) is 13.0. The van der Waals surface area contributed by atoms with Gasteiger partial charge in [0.25, 0.3) is 0 Å². The van der Waals surface area contributed by atoms with E-state index in [1.807, 2.05) is 26.0 Å². The molecule has 94 valence electrons. The third-order valence-corrected chi connectivity index (χ3v) is 3.74. The van der Waals surface area contributed by atoms with Crippen molar-refractivity contribution in [2.45, 2.75) is 13.8 Å². The Morgan fingerprint density at radius 3 is 2.33 bits per heavy atom. The molecule has 0 atom stereocenters. The Morgan fingerprint density at radius 2 is 1.78 bits per heavy atom. The van der Waals surface area contributed by atoms with Gasteiger partial charge in [0.2, 0.25) is 17.2 Å². The molecule has 0 aliphatic rings. The Hall–Kier alpha value is -1.40. The number of halogens is 2. The van der Waals surface area contributed by atoms with Crippen molar-refractivity contribution < 1.29 is 0 Å². The van der Waals surface area contributed by atoms with Crippen LogP contribution in [0.2, 0.25) is 5.28 Å². The average Bonchev–Trinajstić information content (AvgIpc) is 2.24. The number of nitrogen functional groups attached to an aromatic ring is 1. The van der Waals surface area contributed by atoms with Crippen LogP contribution >= 0.6 is 27.5 Å². The van der Waals surface area contributed by atoms with Crippen LogP contribution < -0.4 is 11.1 Å². The molecule has 3 N–H and O–H groups in total. The number of aromatic nitrogens is 3. The van der Waals surface area contributed by atoms with Crippen molar-refractivity contribution in [1.29, 1.82) is 0 Å². The summed E-state index contributed by atoms with van der Waals surface area (Å²) < 4.78 is 1.08. The van der Waals surface area contributed by atoms with Crippen LogP contribution in [0.25, 0.3) is 0 Å². The number of nitrogens with two attached hydrogens (primary N) is 1. The molecule has 2 aromatic rings. The van der Waals surface area contributed by atoms with Gasteiger partial charge in [-0.2, -0.15) is 15.0 Å². The van der Waals surface area contributed by atoms with Crippen LogP contribution in [0.4, 0.5) is 17.6 Å². The summed E-state index contributed by atoms with van der Waals surface area (Å²) >= 11 is 9.23. The van der Waals surface area contributed by atoms with Crippen molar-refractivity contribution in [3.8, 4) is 0 Å². The molecule has 0 aliphatic carbocycles. The first-order valence-corrected chi connectivity index (χ1v) is 6.33. The largest absolute Gasteiger partial charge is 0.368 e. The SMILES string of the molecule is Cc1cc(Nc2nc(N)nc(Cl)n2)cc(C)c1Br. The summed E-state index contributed by atoms with van der Waals surface area (Å²) in [6, 6.07) is 3.95. The molecule has 0 radical (unpaired) electrons. The van der Waals surface area contributed by atoms with E-state index in [-0.39, 0.29) is 11.2 Å². The second-order valence-corrected chi connectivity index (χ2v) is 4.97. The molecule has 0 fully saturated rings. The fourth-order valence-corrected chi connectivity index (χ4v) is 1.96. The van der Waals surface area contributed by atoms with Gasteiger partial charge in [-0.05, 0) is 48.7 Å². The zero-order chi connectivity index (χ0) is 13.3. The third-order valence-electron chi connectivity index (χ3n) is 2.32. The maximum absolute atomic E-state index is 5.71. The van der Waals surface area contributed by atoms with Gasteiger partial charge < -0.3 is 11.1 Å². The van der Waals surface area contributed by atoms with E-state index in [1.54, 1.807) is 0 Å². The van der Waals surface area contributed by atoms with E-state index in [0.717, 1.165) is 21.3 Å². The van der Waals surface area contributed by atoms with Gasteiger partial charge in [-0.15, -0.1) is 0 Å². The molecular weight excluding hydrogens is 318 g/mol. The lowest BCUT2D eigenvalue weighted by Gasteiger charge is -2.09. The average molecular weight is 329 g/mol. The highest BCUT2D eigenvalue weighted by Gasteiger charge is 2.06. The van der Waals surface area contributed by atoms with Crippen molar-refractivity contribution in [2.75, 3.05) is 11.1 Å². The molecule has 0 spiro atoms. The molecule has 0 aliphatic heterocycles. The van der Waals surface area contributed by atoms with Gasteiger partial charge in [0.15, 0.2) is 0 Å². The summed E-state index contributed by atoms with van der Waals surface area (Å²) in [6.07, 6.45) is 0. The predicted octanol–water partition coefficient (Wildman–Crippen LogP) is 3.23. The first-order chi connectivity index (χ1) is 8.45. The van der Waals surface area contributed by atoms with E-state index in [4.69, 9.17) is 17.3 Å². The highest BCUT2D eigenvalue weighted by Crippen LogP contribution is 2.26. The topological polar surface area (TPSA) is 76.7 Å². The summed E-state index contributed by atoms with van der Waals surface area (Å²) in [7, 11) is 0. The normalized spacial score (nSPS) is 10.4. The zero-order valence-electron chi connectivity index (χ0n) is 9.83. The molecule has 7 heteroatoms. The van der Waals surface area contributed by atoms with Gasteiger partial charge in [-0.1, -0.05) is 15.9 Å². The summed E-state index contributed by atoms with van der Waals surface area (Å²) in [4.78, 5) is 11.6. The molecule has 0 bridgehead atoms. The number of aryl methyl sites for hydroxylation is 2. The van der Waals surface area contributed by atoms with Gasteiger partial charge in [0.05, 0.1) is 0 Å². The fourth-order valence-electron chi connectivity index (χ4n) is 1.57. The molecule has 0 saturated heterocycles. The maximum atomic E-state index is 5.71.